The lowest BCUT2D eigenvalue weighted by atomic mass is 9.89. The molecule has 4 atom stereocenters. The Kier molecular flexibility index (Phi) is 1.39. The van der Waals surface area contributed by atoms with Crippen LogP contribution in [0.4, 0.5) is 0 Å². The van der Waals surface area contributed by atoms with Crippen molar-refractivity contribution in [2.45, 2.75) is 39.7 Å². The minimum Gasteiger partial charge on any atom is -0.393 e. The summed E-state index contributed by atoms with van der Waals surface area (Å²) in [7, 11) is 0. The summed E-state index contributed by atoms with van der Waals surface area (Å²) in [4.78, 5) is 0. The second-order valence-corrected chi connectivity index (χ2v) is 4.83. The number of fused-ring (bicyclic) bond motifs is 1. The van der Waals surface area contributed by atoms with Crippen LogP contribution in [0.15, 0.2) is 0 Å². The summed E-state index contributed by atoms with van der Waals surface area (Å²) < 4.78 is 0. The van der Waals surface area contributed by atoms with E-state index in [0.717, 1.165) is 24.7 Å². The average Bonchev–Trinajstić information content (AvgIpc) is 2.38. The van der Waals surface area contributed by atoms with E-state index in [9.17, 15) is 5.11 Å². The quantitative estimate of drug-likeness (QED) is 0.613. The van der Waals surface area contributed by atoms with E-state index < -0.39 is 0 Å². The van der Waals surface area contributed by atoms with Gasteiger partial charge in [-0.3, -0.25) is 0 Å². The first-order chi connectivity index (χ1) is 5.09. The first kappa shape index (κ1) is 7.60. The number of aliphatic hydroxyl groups is 1. The fraction of sp³-hybridized carbons (Fsp3) is 1.00. The molecule has 2 saturated carbocycles. The van der Waals surface area contributed by atoms with Gasteiger partial charge < -0.3 is 5.11 Å². The Labute approximate surface area is 68.8 Å². The second-order valence-electron chi connectivity index (χ2n) is 4.83. The van der Waals surface area contributed by atoms with Crippen molar-refractivity contribution in [1.82, 2.24) is 0 Å². The Morgan fingerprint density at radius 3 is 2.45 bits per heavy atom. The lowest BCUT2D eigenvalue weighted by molar-refractivity contribution is 0.0927. The van der Waals surface area contributed by atoms with Gasteiger partial charge in [-0.25, -0.2) is 0 Å². The van der Waals surface area contributed by atoms with Gasteiger partial charge in [0.2, 0.25) is 0 Å². The van der Waals surface area contributed by atoms with Gasteiger partial charge in [-0.15, -0.1) is 0 Å². The lowest BCUT2D eigenvalue weighted by Crippen LogP contribution is -2.21. The molecule has 0 unspecified atom stereocenters. The molecule has 1 heteroatoms. The van der Waals surface area contributed by atoms with Crippen LogP contribution in [0.2, 0.25) is 0 Å². The van der Waals surface area contributed by atoms with Crippen LogP contribution in [-0.2, 0) is 0 Å². The maximum absolute atomic E-state index is 9.62. The minimum absolute atomic E-state index is 0.0167. The molecule has 1 N–H and O–H groups in total. The molecule has 0 aromatic carbocycles. The molecule has 0 spiro atoms. The van der Waals surface area contributed by atoms with Gasteiger partial charge in [-0.1, -0.05) is 27.2 Å². The molecular weight excluding hydrogens is 136 g/mol. The molecule has 0 radical (unpaired) electrons. The lowest BCUT2D eigenvalue weighted by Gasteiger charge is -2.20. The monoisotopic (exact) mass is 154 g/mol. The third kappa shape index (κ3) is 0.807. The van der Waals surface area contributed by atoms with Crippen LogP contribution in [0.25, 0.3) is 0 Å². The van der Waals surface area contributed by atoms with Crippen LogP contribution in [0, 0.1) is 23.2 Å². The van der Waals surface area contributed by atoms with Gasteiger partial charge in [0.1, 0.15) is 0 Å². The molecule has 2 aliphatic rings. The van der Waals surface area contributed by atoms with E-state index in [4.69, 9.17) is 0 Å². The molecule has 0 aromatic rings. The maximum Gasteiger partial charge on any atom is 0.0574 e. The third-order valence-electron chi connectivity index (χ3n) is 4.06. The highest BCUT2D eigenvalue weighted by Gasteiger charge is 2.65. The van der Waals surface area contributed by atoms with Crippen LogP contribution in [0.3, 0.4) is 0 Å². The van der Waals surface area contributed by atoms with Crippen molar-refractivity contribution in [1.29, 1.82) is 0 Å². The Morgan fingerprint density at radius 2 is 2.09 bits per heavy atom. The molecule has 0 aliphatic heterocycles. The molecule has 0 heterocycles. The van der Waals surface area contributed by atoms with Gasteiger partial charge in [0.05, 0.1) is 6.10 Å². The first-order valence-electron chi connectivity index (χ1n) is 4.77. The highest BCUT2D eigenvalue weighted by Crippen LogP contribution is 2.69. The van der Waals surface area contributed by atoms with Gasteiger partial charge >= 0.3 is 0 Å². The summed E-state index contributed by atoms with van der Waals surface area (Å²) in [5.74, 6) is 2.28. The summed E-state index contributed by atoms with van der Waals surface area (Å²) in [6.45, 7) is 6.89. The van der Waals surface area contributed by atoms with Gasteiger partial charge in [0.25, 0.3) is 0 Å². The standard InChI is InChI=1S/C10H18O/c1-4-6-8(11)5-7-9(6)10(7,2)3/h6-9,11H,4-5H2,1-3H3/t6-,7+,8-,9-/m0/s1. The summed E-state index contributed by atoms with van der Waals surface area (Å²) >= 11 is 0. The average molecular weight is 154 g/mol. The van der Waals surface area contributed by atoms with Crippen molar-refractivity contribution >= 4 is 0 Å². The Bertz CT molecular complexity index is 174. The molecule has 2 rings (SSSR count). The van der Waals surface area contributed by atoms with Gasteiger partial charge in [-0.05, 0) is 29.6 Å². The summed E-state index contributed by atoms with van der Waals surface area (Å²) in [5, 5.41) is 9.62. The summed E-state index contributed by atoms with van der Waals surface area (Å²) in [6.07, 6.45) is 2.24. The molecule has 2 fully saturated rings. The predicted octanol–water partition coefficient (Wildman–Crippen LogP) is 2.05. The molecule has 11 heavy (non-hydrogen) atoms. The fourth-order valence-corrected chi connectivity index (χ4v) is 3.29. The Balaban J connectivity index is 2.11. The van der Waals surface area contributed by atoms with E-state index in [1.807, 2.05) is 0 Å². The predicted molar refractivity (Wildman–Crippen MR) is 45.2 cm³/mol. The number of aliphatic hydroxyl groups excluding tert-OH is 1. The third-order valence-corrected chi connectivity index (χ3v) is 4.06. The zero-order chi connectivity index (χ0) is 8.22. The molecule has 0 amide bonds. The van der Waals surface area contributed by atoms with Crippen molar-refractivity contribution in [3.05, 3.63) is 0 Å². The fourth-order valence-electron chi connectivity index (χ4n) is 3.29. The normalized spacial score (nSPS) is 52.4. The highest BCUT2D eigenvalue weighted by atomic mass is 16.3. The minimum atomic E-state index is 0.0167. The Morgan fingerprint density at radius 1 is 1.45 bits per heavy atom. The molecule has 0 aromatic heterocycles. The highest BCUT2D eigenvalue weighted by molar-refractivity contribution is 5.14. The van der Waals surface area contributed by atoms with E-state index in [2.05, 4.69) is 20.8 Å². The SMILES string of the molecule is CC[C@@H]1[C@H]2[C@@H](C[C@@H]1O)C2(C)C. The largest absolute Gasteiger partial charge is 0.393 e. The zero-order valence-electron chi connectivity index (χ0n) is 7.67. The van der Waals surface area contributed by atoms with Gasteiger partial charge in [0.15, 0.2) is 0 Å². The van der Waals surface area contributed by atoms with Crippen molar-refractivity contribution in [3.63, 3.8) is 0 Å². The Hall–Kier alpha value is -0.0400. The molecule has 0 saturated heterocycles. The molecular formula is C10H18O. The molecule has 2 aliphatic carbocycles. The topological polar surface area (TPSA) is 20.2 Å². The number of rotatable bonds is 1. The first-order valence-corrected chi connectivity index (χ1v) is 4.77. The van der Waals surface area contributed by atoms with Crippen molar-refractivity contribution in [2.24, 2.45) is 23.2 Å². The van der Waals surface area contributed by atoms with Gasteiger partial charge in [0, 0.05) is 0 Å². The van der Waals surface area contributed by atoms with E-state index in [0.29, 0.717) is 11.3 Å². The van der Waals surface area contributed by atoms with Crippen molar-refractivity contribution in [2.75, 3.05) is 0 Å². The summed E-state index contributed by atoms with van der Waals surface area (Å²) in [5.41, 5.74) is 0.555. The smallest absolute Gasteiger partial charge is 0.0574 e. The van der Waals surface area contributed by atoms with Crippen molar-refractivity contribution in [3.8, 4) is 0 Å². The van der Waals surface area contributed by atoms with Crippen molar-refractivity contribution < 1.29 is 5.11 Å². The molecule has 1 nitrogen and oxygen atoms in total. The maximum atomic E-state index is 9.62. The van der Waals surface area contributed by atoms with E-state index >= 15 is 0 Å². The van der Waals surface area contributed by atoms with Crippen LogP contribution in [0.1, 0.15) is 33.6 Å². The van der Waals surface area contributed by atoms with Crippen LogP contribution in [-0.4, -0.2) is 11.2 Å². The van der Waals surface area contributed by atoms with E-state index in [1.54, 1.807) is 0 Å². The summed E-state index contributed by atoms with van der Waals surface area (Å²) in [6, 6.07) is 0. The van der Waals surface area contributed by atoms with E-state index in [-0.39, 0.29) is 6.10 Å². The van der Waals surface area contributed by atoms with Crippen LogP contribution in [0.5, 0.6) is 0 Å². The van der Waals surface area contributed by atoms with E-state index in [1.165, 1.54) is 0 Å². The number of hydrogen-bond donors (Lipinski definition) is 1. The number of hydrogen-bond acceptors (Lipinski definition) is 1. The second kappa shape index (κ2) is 2.01. The van der Waals surface area contributed by atoms with Gasteiger partial charge in [-0.2, -0.15) is 0 Å². The van der Waals surface area contributed by atoms with Crippen LogP contribution >= 0.6 is 0 Å². The zero-order valence-corrected chi connectivity index (χ0v) is 7.67. The van der Waals surface area contributed by atoms with Crippen LogP contribution < -0.4 is 0 Å². The molecule has 0 bridgehead atoms. The molecule has 64 valence electrons.